The number of hydrogen-bond acceptors (Lipinski definition) is 4. The highest BCUT2D eigenvalue weighted by Crippen LogP contribution is 2.34. The van der Waals surface area contributed by atoms with Gasteiger partial charge in [-0.3, -0.25) is 0 Å². The molecule has 19 heavy (non-hydrogen) atoms. The van der Waals surface area contributed by atoms with E-state index in [0.717, 1.165) is 17.9 Å². The molecular weight excluding hydrogens is 254 g/mol. The molecule has 1 N–H and O–H groups in total. The predicted octanol–water partition coefficient (Wildman–Crippen LogP) is 3.96. The van der Waals surface area contributed by atoms with Crippen molar-refractivity contribution < 1.29 is 0 Å². The van der Waals surface area contributed by atoms with Crippen LogP contribution in [0.5, 0.6) is 0 Å². The summed E-state index contributed by atoms with van der Waals surface area (Å²) in [6.07, 6.45) is 2.54. The second kappa shape index (κ2) is 4.97. The summed E-state index contributed by atoms with van der Waals surface area (Å²) in [5.41, 5.74) is 3.41. The van der Waals surface area contributed by atoms with Crippen LogP contribution in [0.1, 0.15) is 12.5 Å². The Morgan fingerprint density at radius 3 is 2.89 bits per heavy atom. The Hall–Kier alpha value is -1.94. The highest BCUT2D eigenvalue weighted by molar-refractivity contribution is 7.17. The second-order valence-electron chi connectivity index (χ2n) is 4.30. The minimum Gasteiger partial charge on any atom is -0.373 e. The number of benzene rings is 1. The molecular formula is C15H15N3S. The zero-order valence-corrected chi connectivity index (χ0v) is 11.8. The topological polar surface area (TPSA) is 37.8 Å². The molecule has 0 unspecified atom stereocenters. The molecule has 3 nitrogen and oxygen atoms in total. The molecule has 2 aromatic heterocycles. The van der Waals surface area contributed by atoms with Gasteiger partial charge in [0.25, 0.3) is 0 Å². The summed E-state index contributed by atoms with van der Waals surface area (Å²) >= 11 is 1.76. The minimum atomic E-state index is 0.911. The molecule has 0 saturated heterocycles. The largest absolute Gasteiger partial charge is 0.373 e. The Balaban J connectivity index is 2.30. The SMILES string of the molecule is CCc1c(NC)ncnc1-c1cccc2ccsc12. The Morgan fingerprint density at radius 1 is 1.21 bits per heavy atom. The van der Waals surface area contributed by atoms with E-state index < -0.39 is 0 Å². The molecule has 1 aromatic carbocycles. The molecule has 4 heteroatoms. The molecule has 96 valence electrons. The van der Waals surface area contributed by atoms with Crippen molar-refractivity contribution in [2.75, 3.05) is 12.4 Å². The van der Waals surface area contributed by atoms with Gasteiger partial charge in [0.2, 0.25) is 0 Å². The summed E-state index contributed by atoms with van der Waals surface area (Å²) in [5, 5.41) is 6.55. The molecule has 3 rings (SSSR count). The first kappa shape index (κ1) is 12.1. The number of nitrogens with one attached hydrogen (secondary N) is 1. The van der Waals surface area contributed by atoms with Gasteiger partial charge in [0.05, 0.1) is 5.69 Å². The van der Waals surface area contributed by atoms with Gasteiger partial charge in [-0.25, -0.2) is 9.97 Å². The van der Waals surface area contributed by atoms with Crippen molar-refractivity contribution in [1.29, 1.82) is 0 Å². The molecule has 0 aliphatic rings. The summed E-state index contributed by atoms with van der Waals surface area (Å²) in [6.45, 7) is 2.14. The zero-order valence-electron chi connectivity index (χ0n) is 11.0. The molecule has 0 saturated carbocycles. The van der Waals surface area contributed by atoms with Gasteiger partial charge in [-0.2, -0.15) is 0 Å². The molecule has 0 spiro atoms. The highest BCUT2D eigenvalue weighted by atomic mass is 32.1. The number of anilines is 1. The third kappa shape index (κ3) is 1.98. The van der Waals surface area contributed by atoms with Gasteiger partial charge in [-0.1, -0.05) is 25.1 Å². The van der Waals surface area contributed by atoms with E-state index in [1.54, 1.807) is 17.7 Å². The summed E-state index contributed by atoms with van der Waals surface area (Å²) < 4.78 is 1.29. The summed E-state index contributed by atoms with van der Waals surface area (Å²) in [7, 11) is 1.90. The van der Waals surface area contributed by atoms with E-state index in [4.69, 9.17) is 0 Å². The van der Waals surface area contributed by atoms with Crippen molar-refractivity contribution >= 4 is 27.2 Å². The number of aromatic nitrogens is 2. The lowest BCUT2D eigenvalue weighted by Crippen LogP contribution is -2.02. The van der Waals surface area contributed by atoms with Crippen molar-refractivity contribution in [1.82, 2.24) is 9.97 Å². The molecule has 0 bridgehead atoms. The summed E-state index contributed by atoms with van der Waals surface area (Å²) in [5.74, 6) is 0.918. The standard InChI is InChI=1S/C15H15N3S/c1-3-11-13(17-9-18-15(11)16-2)12-6-4-5-10-7-8-19-14(10)12/h4-9H,3H2,1-2H3,(H,16,17,18). The van der Waals surface area contributed by atoms with Crippen molar-refractivity contribution in [2.24, 2.45) is 0 Å². The van der Waals surface area contributed by atoms with Crippen LogP contribution >= 0.6 is 11.3 Å². The molecule has 0 aliphatic carbocycles. The Kier molecular flexibility index (Phi) is 3.17. The van der Waals surface area contributed by atoms with Gasteiger partial charge < -0.3 is 5.32 Å². The lowest BCUT2D eigenvalue weighted by Gasteiger charge is -2.11. The summed E-state index contributed by atoms with van der Waals surface area (Å²) in [6, 6.07) is 8.52. The smallest absolute Gasteiger partial charge is 0.132 e. The molecule has 0 amide bonds. The average molecular weight is 269 g/mol. The maximum Gasteiger partial charge on any atom is 0.132 e. The molecule has 0 atom stereocenters. The number of nitrogens with zero attached hydrogens (tertiary/aromatic N) is 2. The minimum absolute atomic E-state index is 0.911. The van der Waals surface area contributed by atoms with Gasteiger partial charge >= 0.3 is 0 Å². The van der Waals surface area contributed by atoms with Crippen LogP contribution < -0.4 is 5.32 Å². The molecule has 0 aliphatic heterocycles. The van der Waals surface area contributed by atoms with Crippen LogP contribution in [0.4, 0.5) is 5.82 Å². The maximum atomic E-state index is 4.51. The van der Waals surface area contributed by atoms with Gasteiger partial charge in [0.15, 0.2) is 0 Å². The fourth-order valence-electron chi connectivity index (χ4n) is 2.37. The highest BCUT2D eigenvalue weighted by Gasteiger charge is 2.13. The van der Waals surface area contributed by atoms with Gasteiger partial charge in [-0.05, 0) is 23.3 Å². The van der Waals surface area contributed by atoms with Crippen LogP contribution in [0, 0.1) is 0 Å². The van der Waals surface area contributed by atoms with Crippen molar-refractivity contribution in [3.63, 3.8) is 0 Å². The molecule has 0 radical (unpaired) electrons. The third-order valence-corrected chi connectivity index (χ3v) is 4.23. The Labute approximate surface area is 116 Å². The van der Waals surface area contributed by atoms with Crippen LogP contribution in [-0.2, 0) is 6.42 Å². The maximum absolute atomic E-state index is 4.51. The van der Waals surface area contributed by atoms with Crippen LogP contribution in [0.2, 0.25) is 0 Å². The van der Waals surface area contributed by atoms with E-state index in [1.807, 2.05) is 7.05 Å². The number of thiophene rings is 1. The van der Waals surface area contributed by atoms with E-state index in [1.165, 1.54) is 21.2 Å². The van der Waals surface area contributed by atoms with Crippen molar-refractivity contribution in [3.8, 4) is 11.3 Å². The van der Waals surface area contributed by atoms with Gasteiger partial charge in [0, 0.05) is 22.9 Å². The first-order chi connectivity index (χ1) is 9.35. The molecule has 2 heterocycles. The first-order valence-corrected chi connectivity index (χ1v) is 7.21. The van der Waals surface area contributed by atoms with Crippen LogP contribution in [-0.4, -0.2) is 17.0 Å². The van der Waals surface area contributed by atoms with E-state index in [9.17, 15) is 0 Å². The number of fused-ring (bicyclic) bond motifs is 1. The zero-order chi connectivity index (χ0) is 13.2. The van der Waals surface area contributed by atoms with Gasteiger partial charge in [0.1, 0.15) is 12.1 Å². The Bertz CT molecular complexity index is 718. The lowest BCUT2D eigenvalue weighted by molar-refractivity contribution is 1.05. The monoisotopic (exact) mass is 269 g/mol. The van der Waals surface area contributed by atoms with E-state index in [2.05, 4.69) is 51.9 Å². The quantitative estimate of drug-likeness (QED) is 0.782. The fourth-order valence-corrected chi connectivity index (χ4v) is 3.29. The van der Waals surface area contributed by atoms with E-state index in [0.29, 0.717) is 0 Å². The lowest BCUT2D eigenvalue weighted by atomic mass is 10.0. The summed E-state index contributed by atoms with van der Waals surface area (Å²) in [4.78, 5) is 8.82. The van der Waals surface area contributed by atoms with Crippen LogP contribution in [0.15, 0.2) is 36.0 Å². The van der Waals surface area contributed by atoms with Crippen molar-refractivity contribution in [2.45, 2.75) is 13.3 Å². The van der Waals surface area contributed by atoms with Gasteiger partial charge in [-0.15, -0.1) is 11.3 Å². The Morgan fingerprint density at radius 2 is 2.11 bits per heavy atom. The number of hydrogen-bond donors (Lipinski definition) is 1. The van der Waals surface area contributed by atoms with E-state index >= 15 is 0 Å². The van der Waals surface area contributed by atoms with Crippen LogP contribution in [0.3, 0.4) is 0 Å². The number of rotatable bonds is 3. The molecule has 0 fully saturated rings. The predicted molar refractivity (Wildman–Crippen MR) is 81.8 cm³/mol. The van der Waals surface area contributed by atoms with E-state index in [-0.39, 0.29) is 0 Å². The second-order valence-corrected chi connectivity index (χ2v) is 5.21. The third-order valence-electron chi connectivity index (χ3n) is 3.27. The van der Waals surface area contributed by atoms with Crippen molar-refractivity contribution in [3.05, 3.63) is 41.5 Å². The van der Waals surface area contributed by atoms with Crippen LogP contribution in [0.25, 0.3) is 21.3 Å². The fraction of sp³-hybridized carbons (Fsp3) is 0.200. The normalized spacial score (nSPS) is 10.8. The first-order valence-electron chi connectivity index (χ1n) is 6.33. The molecule has 3 aromatic rings. The average Bonchev–Trinajstić information content (AvgIpc) is 2.94.